The monoisotopic (exact) mass is 305 g/mol. The van der Waals surface area contributed by atoms with Gasteiger partial charge in [0, 0.05) is 25.4 Å². The molecule has 1 atom stereocenters. The number of aryl methyl sites for hydroxylation is 1. The first kappa shape index (κ1) is 16.2. The van der Waals surface area contributed by atoms with Gasteiger partial charge in [-0.05, 0) is 25.5 Å². The molecule has 0 saturated carbocycles. The van der Waals surface area contributed by atoms with Crippen LogP contribution in [0, 0.1) is 5.82 Å². The third-order valence-electron chi connectivity index (χ3n) is 3.18. The van der Waals surface area contributed by atoms with Crippen molar-refractivity contribution in [1.29, 1.82) is 0 Å². The molecule has 1 heterocycles. The summed E-state index contributed by atoms with van der Waals surface area (Å²) in [5.74, 6) is 0.344. The van der Waals surface area contributed by atoms with Crippen molar-refractivity contribution in [1.82, 2.24) is 10.3 Å². The van der Waals surface area contributed by atoms with Gasteiger partial charge in [-0.2, -0.15) is 0 Å². The highest BCUT2D eigenvalue weighted by atomic mass is 19.1. The number of nitrogens with one attached hydrogen (secondary N) is 1. The third-order valence-corrected chi connectivity index (χ3v) is 3.18. The van der Waals surface area contributed by atoms with Crippen LogP contribution in [0.25, 0.3) is 11.3 Å². The number of oxazole rings is 1. The molecule has 5 nitrogen and oxygen atoms in total. The van der Waals surface area contributed by atoms with Gasteiger partial charge in [-0.3, -0.25) is 4.79 Å². The van der Waals surface area contributed by atoms with Crippen LogP contribution in [0.2, 0.25) is 0 Å². The van der Waals surface area contributed by atoms with Crippen molar-refractivity contribution < 1.29 is 13.6 Å². The third kappa shape index (κ3) is 4.66. The lowest BCUT2D eigenvalue weighted by atomic mass is 10.2. The second kappa shape index (κ2) is 7.70. The molecule has 1 aromatic heterocycles. The zero-order valence-corrected chi connectivity index (χ0v) is 12.5. The van der Waals surface area contributed by atoms with Gasteiger partial charge < -0.3 is 15.5 Å². The molecule has 0 spiro atoms. The Hall–Kier alpha value is -2.21. The van der Waals surface area contributed by atoms with E-state index in [0.717, 1.165) is 6.42 Å². The molecule has 0 bridgehead atoms. The maximum atomic E-state index is 13.6. The first-order valence-electron chi connectivity index (χ1n) is 7.28. The molecule has 118 valence electrons. The summed E-state index contributed by atoms with van der Waals surface area (Å²) in [5, 5.41) is 2.78. The molecule has 6 heteroatoms. The van der Waals surface area contributed by atoms with Crippen molar-refractivity contribution in [2.75, 3.05) is 6.54 Å². The number of carbonyl (C=O) groups is 1. The van der Waals surface area contributed by atoms with Crippen molar-refractivity contribution in [2.24, 2.45) is 5.73 Å². The molecule has 0 aliphatic heterocycles. The van der Waals surface area contributed by atoms with E-state index in [9.17, 15) is 9.18 Å². The molecule has 2 aromatic rings. The summed E-state index contributed by atoms with van der Waals surface area (Å²) in [5.41, 5.74) is 5.97. The molecule has 0 aliphatic carbocycles. The van der Waals surface area contributed by atoms with E-state index in [1.54, 1.807) is 18.2 Å². The van der Waals surface area contributed by atoms with Gasteiger partial charge in [-0.1, -0.05) is 12.1 Å². The first-order chi connectivity index (χ1) is 10.6. The minimum Gasteiger partial charge on any atom is -0.441 e. The summed E-state index contributed by atoms with van der Waals surface area (Å²) in [6.07, 6.45) is 2.86. The van der Waals surface area contributed by atoms with E-state index in [-0.39, 0.29) is 24.2 Å². The number of halogens is 1. The van der Waals surface area contributed by atoms with E-state index in [1.165, 1.54) is 12.3 Å². The maximum Gasteiger partial charge on any atom is 0.220 e. The number of hydrogen-bond acceptors (Lipinski definition) is 4. The number of benzene rings is 1. The van der Waals surface area contributed by atoms with Crippen molar-refractivity contribution in [3.63, 3.8) is 0 Å². The Labute approximate surface area is 128 Å². The number of hydrogen-bond donors (Lipinski definition) is 2. The van der Waals surface area contributed by atoms with Crippen molar-refractivity contribution in [2.45, 2.75) is 32.2 Å². The lowest BCUT2D eigenvalue weighted by Gasteiger charge is -2.06. The molecular weight excluding hydrogens is 285 g/mol. The number of amides is 1. The van der Waals surface area contributed by atoms with E-state index in [2.05, 4.69) is 10.3 Å². The number of aromatic nitrogens is 1. The maximum absolute atomic E-state index is 13.6. The highest BCUT2D eigenvalue weighted by Gasteiger charge is 2.11. The minimum absolute atomic E-state index is 0.0652. The van der Waals surface area contributed by atoms with E-state index in [4.69, 9.17) is 10.2 Å². The zero-order chi connectivity index (χ0) is 15.9. The summed E-state index contributed by atoms with van der Waals surface area (Å²) in [7, 11) is 0. The molecule has 1 aromatic carbocycles. The van der Waals surface area contributed by atoms with Gasteiger partial charge in [0.15, 0.2) is 11.7 Å². The lowest BCUT2D eigenvalue weighted by Crippen LogP contribution is -2.29. The predicted molar refractivity (Wildman–Crippen MR) is 81.5 cm³/mol. The van der Waals surface area contributed by atoms with E-state index in [0.29, 0.717) is 30.2 Å². The Morgan fingerprint density at radius 2 is 2.23 bits per heavy atom. The van der Waals surface area contributed by atoms with E-state index < -0.39 is 0 Å². The van der Waals surface area contributed by atoms with Gasteiger partial charge in [0.25, 0.3) is 0 Å². The Balaban J connectivity index is 1.85. The molecule has 0 saturated heterocycles. The van der Waals surface area contributed by atoms with Crippen molar-refractivity contribution in [3.8, 4) is 11.3 Å². The molecule has 3 N–H and O–H groups in total. The normalized spacial score (nSPS) is 12.1. The SMILES string of the molecule is CC(N)CCNC(=O)CCc1ncc(-c2ccccc2F)o1. The number of carbonyl (C=O) groups excluding carboxylic acids is 1. The van der Waals surface area contributed by atoms with Crippen LogP contribution < -0.4 is 11.1 Å². The highest BCUT2D eigenvalue weighted by Crippen LogP contribution is 2.23. The quantitative estimate of drug-likeness (QED) is 0.822. The van der Waals surface area contributed by atoms with Crippen LogP contribution in [-0.2, 0) is 11.2 Å². The molecule has 0 radical (unpaired) electrons. The number of rotatable bonds is 7. The smallest absolute Gasteiger partial charge is 0.220 e. The fraction of sp³-hybridized carbons (Fsp3) is 0.375. The summed E-state index contributed by atoms with van der Waals surface area (Å²) in [6, 6.07) is 6.40. The Morgan fingerprint density at radius 3 is 2.95 bits per heavy atom. The standard InChI is InChI=1S/C16H20FN3O2/c1-11(18)8-9-19-15(21)6-7-16-20-10-14(22-16)12-4-2-3-5-13(12)17/h2-5,10-11H,6-9,18H2,1H3,(H,19,21). The van der Waals surface area contributed by atoms with Gasteiger partial charge in [0.1, 0.15) is 5.82 Å². The van der Waals surface area contributed by atoms with Crippen molar-refractivity contribution in [3.05, 3.63) is 42.2 Å². The summed E-state index contributed by atoms with van der Waals surface area (Å²) in [4.78, 5) is 15.7. The summed E-state index contributed by atoms with van der Waals surface area (Å²) in [6.45, 7) is 2.45. The summed E-state index contributed by atoms with van der Waals surface area (Å²) < 4.78 is 19.1. The Bertz CT molecular complexity index is 625. The fourth-order valence-electron chi connectivity index (χ4n) is 1.96. The molecule has 0 fully saturated rings. The van der Waals surface area contributed by atoms with Gasteiger partial charge in [0.05, 0.1) is 11.8 Å². The Kier molecular flexibility index (Phi) is 5.66. The zero-order valence-electron chi connectivity index (χ0n) is 12.5. The molecule has 22 heavy (non-hydrogen) atoms. The number of nitrogens with two attached hydrogens (primary N) is 1. The van der Waals surface area contributed by atoms with Crippen LogP contribution in [-0.4, -0.2) is 23.5 Å². The fourth-order valence-corrected chi connectivity index (χ4v) is 1.96. The van der Waals surface area contributed by atoms with Crippen LogP contribution in [0.5, 0.6) is 0 Å². The molecular formula is C16H20FN3O2. The minimum atomic E-state index is -0.362. The molecule has 1 amide bonds. The average Bonchev–Trinajstić information content (AvgIpc) is 2.94. The predicted octanol–water partition coefficient (Wildman–Crippen LogP) is 2.27. The van der Waals surface area contributed by atoms with Crippen LogP contribution in [0.15, 0.2) is 34.9 Å². The van der Waals surface area contributed by atoms with Crippen LogP contribution in [0.3, 0.4) is 0 Å². The van der Waals surface area contributed by atoms with Crippen LogP contribution >= 0.6 is 0 Å². The summed E-state index contributed by atoms with van der Waals surface area (Å²) >= 11 is 0. The largest absolute Gasteiger partial charge is 0.441 e. The Morgan fingerprint density at radius 1 is 1.45 bits per heavy atom. The number of nitrogens with zero attached hydrogens (tertiary/aromatic N) is 1. The van der Waals surface area contributed by atoms with Gasteiger partial charge >= 0.3 is 0 Å². The first-order valence-corrected chi connectivity index (χ1v) is 7.28. The highest BCUT2D eigenvalue weighted by molar-refractivity contribution is 5.76. The lowest BCUT2D eigenvalue weighted by molar-refractivity contribution is -0.121. The second-order valence-corrected chi connectivity index (χ2v) is 5.21. The van der Waals surface area contributed by atoms with Gasteiger partial charge in [-0.25, -0.2) is 9.37 Å². The van der Waals surface area contributed by atoms with Gasteiger partial charge in [0.2, 0.25) is 5.91 Å². The average molecular weight is 305 g/mol. The molecule has 0 aliphatic rings. The van der Waals surface area contributed by atoms with E-state index >= 15 is 0 Å². The topological polar surface area (TPSA) is 81.1 Å². The van der Waals surface area contributed by atoms with Crippen LogP contribution in [0.1, 0.15) is 25.7 Å². The molecule has 1 unspecified atom stereocenters. The molecule has 2 rings (SSSR count). The van der Waals surface area contributed by atoms with E-state index in [1.807, 2.05) is 6.92 Å². The second-order valence-electron chi connectivity index (χ2n) is 5.21. The van der Waals surface area contributed by atoms with Gasteiger partial charge in [-0.15, -0.1) is 0 Å². The van der Waals surface area contributed by atoms with Crippen molar-refractivity contribution >= 4 is 5.91 Å². The van der Waals surface area contributed by atoms with Crippen LogP contribution in [0.4, 0.5) is 4.39 Å².